The van der Waals surface area contributed by atoms with E-state index in [1.54, 1.807) is 0 Å². The molecule has 0 heterocycles. The van der Waals surface area contributed by atoms with E-state index in [2.05, 4.69) is 98.8 Å². The van der Waals surface area contributed by atoms with E-state index >= 15 is 0 Å². The van der Waals surface area contributed by atoms with Gasteiger partial charge in [0.1, 0.15) is 0 Å². The Hall–Kier alpha value is -2.34. The first-order valence-electron chi connectivity index (χ1n) is 7.39. The third-order valence-corrected chi connectivity index (χ3v) is 4.19. The minimum atomic E-state index is 0.00600. The maximum atomic E-state index is 2.31. The lowest BCUT2D eigenvalue weighted by Crippen LogP contribution is -2.18. The van der Waals surface area contributed by atoms with Gasteiger partial charge in [0.15, 0.2) is 0 Å². The van der Waals surface area contributed by atoms with Gasteiger partial charge in [0.05, 0.1) is 0 Å². The average Bonchev–Trinajstić information content (AvgIpc) is 2.57. The Balaban J connectivity index is 2.04. The molecule has 0 bridgehead atoms. The van der Waals surface area contributed by atoms with Crippen LogP contribution in [0, 0.1) is 0 Å². The van der Waals surface area contributed by atoms with Crippen molar-refractivity contribution >= 4 is 0 Å². The molecule has 0 saturated heterocycles. The molecule has 0 aliphatic carbocycles. The zero-order chi connectivity index (χ0) is 14.7. The summed E-state index contributed by atoms with van der Waals surface area (Å²) in [5.74, 6) is 0. The van der Waals surface area contributed by atoms with Crippen molar-refractivity contribution in [2.24, 2.45) is 0 Å². The smallest absolute Gasteiger partial charge is 0.0146 e. The van der Waals surface area contributed by atoms with Crippen LogP contribution in [-0.2, 0) is 5.41 Å². The number of hydrogen-bond donors (Lipinski definition) is 0. The Morgan fingerprint density at radius 1 is 0.524 bits per heavy atom. The van der Waals surface area contributed by atoms with Crippen LogP contribution in [0.3, 0.4) is 0 Å². The van der Waals surface area contributed by atoms with Crippen molar-refractivity contribution < 1.29 is 0 Å². The van der Waals surface area contributed by atoms with E-state index in [0.717, 1.165) is 0 Å². The molecule has 3 rings (SSSR count). The highest BCUT2D eigenvalue weighted by Crippen LogP contribution is 2.33. The molecule has 0 amide bonds. The SMILES string of the molecule is CC(C)(c1ccccc1)c1cccc(-c2ccccc2)c1. The lowest BCUT2D eigenvalue weighted by molar-refractivity contribution is 0.641. The van der Waals surface area contributed by atoms with Crippen molar-refractivity contribution in [3.05, 3.63) is 96.1 Å². The molecule has 0 nitrogen and oxygen atoms in total. The molecule has 0 spiro atoms. The molecular formula is C21H20. The first kappa shape index (κ1) is 13.6. The molecule has 3 aromatic rings. The molecule has 0 fully saturated rings. The van der Waals surface area contributed by atoms with Gasteiger partial charge in [-0.3, -0.25) is 0 Å². The van der Waals surface area contributed by atoms with E-state index in [-0.39, 0.29) is 5.41 Å². The second-order valence-corrected chi connectivity index (χ2v) is 5.94. The van der Waals surface area contributed by atoms with E-state index in [9.17, 15) is 0 Å². The summed E-state index contributed by atoms with van der Waals surface area (Å²) in [6, 6.07) is 30.1. The summed E-state index contributed by atoms with van der Waals surface area (Å²) in [6.07, 6.45) is 0. The van der Waals surface area contributed by atoms with Crippen LogP contribution < -0.4 is 0 Å². The third kappa shape index (κ3) is 2.75. The Bertz CT molecular complexity index is 709. The Morgan fingerprint density at radius 2 is 1.05 bits per heavy atom. The maximum absolute atomic E-state index is 2.31. The van der Waals surface area contributed by atoms with Crippen molar-refractivity contribution in [2.45, 2.75) is 19.3 Å². The summed E-state index contributed by atoms with van der Waals surface area (Å²) in [7, 11) is 0. The van der Waals surface area contributed by atoms with Crippen molar-refractivity contribution in [1.29, 1.82) is 0 Å². The molecule has 0 aliphatic rings. The van der Waals surface area contributed by atoms with Gasteiger partial charge in [-0.25, -0.2) is 0 Å². The van der Waals surface area contributed by atoms with Gasteiger partial charge >= 0.3 is 0 Å². The fourth-order valence-electron chi connectivity index (χ4n) is 2.74. The van der Waals surface area contributed by atoms with E-state index in [0.29, 0.717) is 0 Å². The summed E-state index contributed by atoms with van der Waals surface area (Å²) in [4.78, 5) is 0. The van der Waals surface area contributed by atoms with Gasteiger partial charge in [-0.2, -0.15) is 0 Å². The summed E-state index contributed by atoms with van der Waals surface area (Å²) in [6.45, 7) is 4.57. The Morgan fingerprint density at radius 3 is 1.71 bits per heavy atom. The molecule has 0 aliphatic heterocycles. The Kier molecular flexibility index (Phi) is 3.62. The van der Waals surface area contributed by atoms with Gasteiger partial charge in [-0.05, 0) is 22.3 Å². The Labute approximate surface area is 127 Å². The van der Waals surface area contributed by atoms with E-state index in [4.69, 9.17) is 0 Å². The van der Waals surface area contributed by atoms with Crippen LogP contribution in [0.4, 0.5) is 0 Å². The highest BCUT2D eigenvalue weighted by Gasteiger charge is 2.22. The summed E-state index contributed by atoms with van der Waals surface area (Å²) >= 11 is 0. The van der Waals surface area contributed by atoms with Crippen molar-refractivity contribution in [2.75, 3.05) is 0 Å². The van der Waals surface area contributed by atoms with Gasteiger partial charge in [-0.15, -0.1) is 0 Å². The molecule has 0 unspecified atom stereocenters. The number of benzene rings is 3. The lowest BCUT2D eigenvalue weighted by atomic mass is 9.77. The van der Waals surface area contributed by atoms with E-state index in [1.165, 1.54) is 22.3 Å². The number of rotatable bonds is 3. The monoisotopic (exact) mass is 272 g/mol. The zero-order valence-electron chi connectivity index (χ0n) is 12.6. The van der Waals surface area contributed by atoms with E-state index in [1.807, 2.05) is 0 Å². The summed E-state index contributed by atoms with van der Waals surface area (Å²) in [5, 5.41) is 0. The first-order valence-corrected chi connectivity index (χ1v) is 7.39. The molecule has 0 heteroatoms. The second-order valence-electron chi connectivity index (χ2n) is 5.94. The van der Waals surface area contributed by atoms with Gasteiger partial charge in [0.2, 0.25) is 0 Å². The highest BCUT2D eigenvalue weighted by atomic mass is 14.3. The molecule has 0 radical (unpaired) electrons. The molecule has 0 atom stereocenters. The van der Waals surface area contributed by atoms with Crippen LogP contribution in [-0.4, -0.2) is 0 Å². The average molecular weight is 272 g/mol. The topological polar surface area (TPSA) is 0 Å². The second kappa shape index (κ2) is 5.57. The fraction of sp³-hybridized carbons (Fsp3) is 0.143. The molecule has 0 aromatic heterocycles. The summed E-state index contributed by atoms with van der Waals surface area (Å²) < 4.78 is 0. The predicted octanol–water partition coefficient (Wildman–Crippen LogP) is 5.68. The van der Waals surface area contributed by atoms with Gasteiger partial charge in [-0.1, -0.05) is 98.8 Å². The quantitative estimate of drug-likeness (QED) is 0.575. The zero-order valence-corrected chi connectivity index (χ0v) is 12.6. The van der Waals surface area contributed by atoms with Crippen LogP contribution in [0.25, 0.3) is 11.1 Å². The maximum Gasteiger partial charge on any atom is 0.0146 e. The molecule has 21 heavy (non-hydrogen) atoms. The summed E-state index contributed by atoms with van der Waals surface area (Å²) in [5.41, 5.74) is 5.23. The molecule has 0 N–H and O–H groups in total. The molecule has 3 aromatic carbocycles. The third-order valence-electron chi connectivity index (χ3n) is 4.19. The standard InChI is InChI=1S/C21H20/c1-21(2,19-13-7-4-8-14-19)20-15-9-12-18(16-20)17-10-5-3-6-11-17/h3-16H,1-2H3. The van der Waals surface area contributed by atoms with Crippen LogP contribution in [0.1, 0.15) is 25.0 Å². The van der Waals surface area contributed by atoms with Gasteiger partial charge < -0.3 is 0 Å². The lowest BCUT2D eigenvalue weighted by Gasteiger charge is -2.26. The van der Waals surface area contributed by atoms with Crippen LogP contribution in [0.5, 0.6) is 0 Å². The molecule has 0 saturated carbocycles. The van der Waals surface area contributed by atoms with Crippen molar-refractivity contribution in [1.82, 2.24) is 0 Å². The normalized spacial score (nSPS) is 11.3. The largest absolute Gasteiger partial charge is 0.0622 e. The van der Waals surface area contributed by atoms with Gasteiger partial charge in [0, 0.05) is 5.41 Å². The molecule has 104 valence electrons. The predicted molar refractivity (Wildman–Crippen MR) is 90.4 cm³/mol. The van der Waals surface area contributed by atoms with Crippen LogP contribution in [0.15, 0.2) is 84.9 Å². The van der Waals surface area contributed by atoms with Crippen molar-refractivity contribution in [3.63, 3.8) is 0 Å². The van der Waals surface area contributed by atoms with Crippen LogP contribution in [0.2, 0.25) is 0 Å². The first-order chi connectivity index (χ1) is 10.2. The molecular weight excluding hydrogens is 252 g/mol. The minimum absolute atomic E-state index is 0.00600. The van der Waals surface area contributed by atoms with Gasteiger partial charge in [0.25, 0.3) is 0 Å². The number of hydrogen-bond acceptors (Lipinski definition) is 0. The van der Waals surface area contributed by atoms with Crippen molar-refractivity contribution in [3.8, 4) is 11.1 Å². The minimum Gasteiger partial charge on any atom is -0.0622 e. The highest BCUT2D eigenvalue weighted by molar-refractivity contribution is 5.64. The fourth-order valence-corrected chi connectivity index (χ4v) is 2.74. The van der Waals surface area contributed by atoms with Crippen LogP contribution >= 0.6 is 0 Å². The van der Waals surface area contributed by atoms with E-state index < -0.39 is 0 Å².